The number of phenols is 1. The number of nitrogens with two attached hydrogens (primary N) is 2. The van der Waals surface area contributed by atoms with Crippen molar-refractivity contribution in [1.29, 1.82) is 5.26 Å². The highest BCUT2D eigenvalue weighted by Gasteiger charge is 2.08. The number of anilines is 2. The topological polar surface area (TPSA) is 154 Å². The minimum Gasteiger partial charge on any atom is -0.506 e. The molecule has 8 nitrogen and oxygen atoms in total. The predicted molar refractivity (Wildman–Crippen MR) is 90.4 cm³/mol. The molecule has 2 aromatic rings. The van der Waals surface area contributed by atoms with Crippen LogP contribution in [0, 0.1) is 18.3 Å². The number of benzene rings is 2. The Balaban J connectivity index is 0.000000648. The Kier molecular flexibility index (Phi) is 6.60. The van der Waals surface area contributed by atoms with Crippen LogP contribution in [0.4, 0.5) is 21.0 Å². The summed E-state index contributed by atoms with van der Waals surface area (Å²) in [5.41, 5.74) is 10.7. The number of phenolic OH excluding ortho intramolecular Hbond substituents is 1. The molecule has 0 atom stereocenters. The van der Waals surface area contributed by atoms with E-state index in [1.54, 1.807) is 6.07 Å². The first kappa shape index (κ1) is 18.3. The standard InChI is InChI=1S/C15H13N3O2.CH4N2O/c1-10-4-2-3-5-12(10)17-15(20)18-13-7-6-11(9-16)8-14(13)19;2-1(3)4/h2-8,19H,1H3,(H2,17,18,20);(H4,2,3,4). The molecule has 8 heteroatoms. The molecule has 0 aliphatic rings. The zero-order valence-electron chi connectivity index (χ0n) is 12.9. The van der Waals surface area contributed by atoms with Crippen LogP contribution in [0.25, 0.3) is 0 Å². The third-order valence-electron chi connectivity index (χ3n) is 2.77. The molecule has 0 aliphatic heterocycles. The first-order chi connectivity index (χ1) is 11.3. The van der Waals surface area contributed by atoms with Crippen LogP contribution in [0.15, 0.2) is 42.5 Å². The fraction of sp³-hybridized carbons (Fsp3) is 0.0625. The van der Waals surface area contributed by atoms with Gasteiger partial charge in [0.2, 0.25) is 0 Å². The van der Waals surface area contributed by atoms with E-state index in [9.17, 15) is 9.90 Å². The van der Waals surface area contributed by atoms with Crippen molar-refractivity contribution >= 4 is 23.4 Å². The summed E-state index contributed by atoms with van der Waals surface area (Å²) in [5, 5.41) is 23.6. The maximum atomic E-state index is 11.8. The molecule has 0 saturated heterocycles. The second-order valence-corrected chi connectivity index (χ2v) is 4.64. The van der Waals surface area contributed by atoms with Crippen LogP contribution in [-0.2, 0) is 0 Å². The van der Waals surface area contributed by atoms with Crippen LogP contribution in [0.3, 0.4) is 0 Å². The van der Waals surface area contributed by atoms with Crippen molar-refractivity contribution in [2.75, 3.05) is 10.6 Å². The molecule has 0 heterocycles. The number of amides is 4. The Hall–Kier alpha value is -3.73. The summed E-state index contributed by atoms with van der Waals surface area (Å²) in [6.45, 7) is 1.88. The Morgan fingerprint density at radius 1 is 1.08 bits per heavy atom. The van der Waals surface area contributed by atoms with Crippen molar-refractivity contribution in [3.8, 4) is 11.8 Å². The highest BCUT2D eigenvalue weighted by atomic mass is 16.3. The van der Waals surface area contributed by atoms with E-state index in [4.69, 9.17) is 10.1 Å². The lowest BCUT2D eigenvalue weighted by Gasteiger charge is -2.10. The molecular weight excluding hydrogens is 310 g/mol. The predicted octanol–water partition coefficient (Wildman–Crippen LogP) is 2.24. The van der Waals surface area contributed by atoms with Gasteiger partial charge in [0.05, 0.1) is 17.3 Å². The molecule has 0 aliphatic carbocycles. The number of primary amides is 2. The summed E-state index contributed by atoms with van der Waals surface area (Å²) in [7, 11) is 0. The van der Waals surface area contributed by atoms with E-state index >= 15 is 0 Å². The van der Waals surface area contributed by atoms with Crippen molar-refractivity contribution < 1.29 is 14.7 Å². The van der Waals surface area contributed by atoms with E-state index in [-0.39, 0.29) is 11.4 Å². The number of carbonyl (C=O) groups excluding carboxylic acids is 2. The molecule has 0 aromatic heterocycles. The number of nitriles is 1. The van der Waals surface area contributed by atoms with Gasteiger partial charge < -0.3 is 27.2 Å². The van der Waals surface area contributed by atoms with Gasteiger partial charge in [-0.1, -0.05) is 18.2 Å². The van der Waals surface area contributed by atoms with Gasteiger partial charge in [0.1, 0.15) is 5.75 Å². The Bertz CT molecular complexity index is 780. The number of aryl methyl sites for hydroxylation is 1. The summed E-state index contributed by atoms with van der Waals surface area (Å²) in [5.74, 6) is -0.149. The second kappa shape index (κ2) is 8.65. The Morgan fingerprint density at radius 3 is 2.21 bits per heavy atom. The lowest BCUT2D eigenvalue weighted by molar-refractivity contribution is 0.256. The summed E-state index contributed by atoms with van der Waals surface area (Å²) in [6, 6.07) is 12.3. The first-order valence-electron chi connectivity index (χ1n) is 6.75. The second-order valence-electron chi connectivity index (χ2n) is 4.64. The van der Waals surface area contributed by atoms with E-state index in [0.717, 1.165) is 5.56 Å². The molecule has 0 saturated carbocycles. The van der Waals surface area contributed by atoms with Gasteiger partial charge >= 0.3 is 12.1 Å². The largest absolute Gasteiger partial charge is 0.506 e. The minimum absolute atomic E-state index is 0.149. The number of carbonyl (C=O) groups is 2. The molecule has 0 unspecified atom stereocenters. The fourth-order valence-corrected chi connectivity index (χ4v) is 1.70. The molecular formula is C16H17N5O3. The number of para-hydroxylation sites is 1. The number of aromatic hydroxyl groups is 1. The van der Waals surface area contributed by atoms with E-state index in [0.29, 0.717) is 11.3 Å². The van der Waals surface area contributed by atoms with E-state index in [1.807, 2.05) is 31.2 Å². The number of hydrogen-bond donors (Lipinski definition) is 5. The van der Waals surface area contributed by atoms with Crippen LogP contribution in [0.5, 0.6) is 5.75 Å². The maximum absolute atomic E-state index is 11.8. The highest BCUT2D eigenvalue weighted by molar-refractivity contribution is 6.01. The molecule has 24 heavy (non-hydrogen) atoms. The number of nitrogens with zero attached hydrogens (tertiary/aromatic N) is 1. The van der Waals surface area contributed by atoms with E-state index in [2.05, 4.69) is 22.1 Å². The maximum Gasteiger partial charge on any atom is 0.323 e. The third-order valence-corrected chi connectivity index (χ3v) is 2.77. The lowest BCUT2D eigenvalue weighted by Crippen LogP contribution is -2.20. The molecule has 0 fully saturated rings. The van der Waals surface area contributed by atoms with Gasteiger partial charge in [0.15, 0.2) is 0 Å². The van der Waals surface area contributed by atoms with Gasteiger partial charge in [0.25, 0.3) is 0 Å². The minimum atomic E-state index is -0.833. The van der Waals surface area contributed by atoms with E-state index < -0.39 is 12.1 Å². The summed E-state index contributed by atoms with van der Waals surface area (Å²) >= 11 is 0. The third kappa shape index (κ3) is 5.95. The molecule has 2 rings (SSSR count). The van der Waals surface area contributed by atoms with Crippen LogP contribution >= 0.6 is 0 Å². The number of hydrogen-bond acceptors (Lipinski definition) is 4. The van der Waals surface area contributed by atoms with Crippen LogP contribution in [0.1, 0.15) is 11.1 Å². The van der Waals surface area contributed by atoms with Crippen molar-refractivity contribution in [3.63, 3.8) is 0 Å². The van der Waals surface area contributed by atoms with Crippen LogP contribution in [-0.4, -0.2) is 17.2 Å². The van der Waals surface area contributed by atoms with Crippen molar-refractivity contribution in [3.05, 3.63) is 53.6 Å². The molecule has 0 spiro atoms. The zero-order valence-corrected chi connectivity index (χ0v) is 12.9. The summed E-state index contributed by atoms with van der Waals surface area (Å²) in [4.78, 5) is 20.8. The summed E-state index contributed by atoms with van der Waals surface area (Å²) in [6.07, 6.45) is 0. The van der Waals surface area contributed by atoms with Crippen LogP contribution < -0.4 is 22.1 Å². The van der Waals surface area contributed by atoms with Gasteiger partial charge in [-0.25, -0.2) is 9.59 Å². The van der Waals surface area contributed by atoms with Crippen molar-refractivity contribution in [2.45, 2.75) is 6.92 Å². The molecule has 0 bridgehead atoms. The van der Waals surface area contributed by atoms with Crippen molar-refractivity contribution in [1.82, 2.24) is 0 Å². The normalized spacial score (nSPS) is 9.00. The molecule has 2 aromatic carbocycles. The molecule has 0 radical (unpaired) electrons. The van der Waals surface area contributed by atoms with Gasteiger partial charge in [-0.3, -0.25) is 0 Å². The van der Waals surface area contributed by atoms with Gasteiger partial charge in [-0.2, -0.15) is 5.26 Å². The lowest BCUT2D eigenvalue weighted by atomic mass is 10.2. The van der Waals surface area contributed by atoms with Crippen molar-refractivity contribution in [2.24, 2.45) is 11.5 Å². The van der Waals surface area contributed by atoms with E-state index in [1.165, 1.54) is 18.2 Å². The average molecular weight is 327 g/mol. The molecule has 124 valence electrons. The number of rotatable bonds is 2. The monoisotopic (exact) mass is 327 g/mol. The fourth-order valence-electron chi connectivity index (χ4n) is 1.70. The summed E-state index contributed by atoms with van der Waals surface area (Å²) < 4.78 is 0. The van der Waals surface area contributed by atoms with Gasteiger partial charge in [-0.15, -0.1) is 0 Å². The number of urea groups is 2. The number of nitrogens with one attached hydrogen (secondary N) is 2. The SMILES string of the molecule is Cc1ccccc1NC(=O)Nc1ccc(C#N)cc1O.NC(N)=O. The highest BCUT2D eigenvalue weighted by Crippen LogP contribution is 2.24. The average Bonchev–Trinajstić information content (AvgIpc) is 2.51. The van der Waals surface area contributed by atoms with Gasteiger partial charge in [0, 0.05) is 5.69 Å². The van der Waals surface area contributed by atoms with Gasteiger partial charge in [-0.05, 0) is 36.8 Å². The quantitative estimate of drug-likeness (QED) is 0.536. The van der Waals surface area contributed by atoms with Crippen LogP contribution in [0.2, 0.25) is 0 Å². The Morgan fingerprint density at radius 2 is 1.67 bits per heavy atom. The zero-order chi connectivity index (χ0) is 18.1. The molecule has 4 amide bonds. The smallest absolute Gasteiger partial charge is 0.323 e. The molecule has 7 N–H and O–H groups in total. The Labute approximate surface area is 138 Å². The first-order valence-corrected chi connectivity index (χ1v) is 6.75.